The Balaban J connectivity index is 0.00000136. The number of fused-ring (bicyclic) bond motifs is 2. The summed E-state index contributed by atoms with van der Waals surface area (Å²) in [6.45, 7) is 4.93. The molecule has 0 aliphatic carbocycles. The van der Waals surface area contributed by atoms with Gasteiger partial charge in [0.1, 0.15) is 0 Å². The number of hydrogen-bond donors (Lipinski definition) is 2. The van der Waals surface area contributed by atoms with Crippen molar-refractivity contribution in [3.8, 4) is 0 Å². The van der Waals surface area contributed by atoms with E-state index in [1.165, 1.54) is 21.7 Å². The number of carboxylic acids is 1. The second-order valence-corrected chi connectivity index (χ2v) is 7.80. The van der Waals surface area contributed by atoms with Crippen LogP contribution >= 0.6 is 11.9 Å². The van der Waals surface area contributed by atoms with Crippen molar-refractivity contribution in [3.63, 3.8) is 0 Å². The highest BCUT2D eigenvalue weighted by Crippen LogP contribution is 2.42. The summed E-state index contributed by atoms with van der Waals surface area (Å²) in [6, 6.07) is 17.3. The number of anilines is 1. The van der Waals surface area contributed by atoms with E-state index in [-0.39, 0.29) is 12.5 Å². The molecular formula is C23H32N2O2S. The van der Waals surface area contributed by atoms with E-state index in [1.54, 1.807) is 11.9 Å². The van der Waals surface area contributed by atoms with Crippen molar-refractivity contribution in [2.24, 2.45) is 0 Å². The van der Waals surface area contributed by atoms with Gasteiger partial charge in [-0.25, -0.2) is 0 Å². The van der Waals surface area contributed by atoms with Gasteiger partial charge in [-0.1, -0.05) is 63.1 Å². The van der Waals surface area contributed by atoms with Crippen LogP contribution in [0.15, 0.2) is 53.4 Å². The van der Waals surface area contributed by atoms with Gasteiger partial charge in [-0.15, -0.1) is 0 Å². The van der Waals surface area contributed by atoms with E-state index in [0.717, 1.165) is 32.2 Å². The van der Waals surface area contributed by atoms with E-state index in [4.69, 9.17) is 5.11 Å². The van der Waals surface area contributed by atoms with Crippen LogP contribution in [0.2, 0.25) is 0 Å². The van der Waals surface area contributed by atoms with Crippen LogP contribution in [-0.2, 0) is 4.79 Å². The van der Waals surface area contributed by atoms with E-state index >= 15 is 0 Å². The number of nitrogens with one attached hydrogen (secondary N) is 1. The summed E-state index contributed by atoms with van der Waals surface area (Å²) in [5.41, 5.74) is 3.87. The van der Waals surface area contributed by atoms with Crippen molar-refractivity contribution in [1.82, 2.24) is 5.32 Å². The van der Waals surface area contributed by atoms with Crippen LogP contribution in [-0.4, -0.2) is 24.7 Å². The fourth-order valence-electron chi connectivity index (χ4n) is 3.41. The van der Waals surface area contributed by atoms with Crippen molar-refractivity contribution in [2.75, 3.05) is 17.9 Å². The summed E-state index contributed by atoms with van der Waals surface area (Å²) in [5.74, 6) is -0.698. The molecule has 0 fully saturated rings. The Morgan fingerprint density at radius 1 is 1.00 bits per heavy atom. The standard InChI is InChI=1S/C21H26N2O2S.C2H6/c1-23-18-12-7-5-10-16(18)21(17-11-6-8-13-19(17)26-23)22-15-9-3-2-4-14-20(24)25;1-2/h5-8,10-13,21-22H,2-4,9,14-15H2,1H3,(H,24,25);1-2H3. The zero-order chi connectivity index (χ0) is 20.4. The molecule has 3 rings (SSSR count). The van der Waals surface area contributed by atoms with Gasteiger partial charge >= 0.3 is 5.97 Å². The van der Waals surface area contributed by atoms with Gasteiger partial charge < -0.3 is 14.7 Å². The minimum absolute atomic E-state index is 0.180. The van der Waals surface area contributed by atoms with Crippen LogP contribution in [0.25, 0.3) is 0 Å². The fourth-order valence-corrected chi connectivity index (χ4v) is 4.40. The minimum Gasteiger partial charge on any atom is -0.481 e. The van der Waals surface area contributed by atoms with Crippen molar-refractivity contribution in [3.05, 3.63) is 59.7 Å². The number of para-hydroxylation sites is 1. The normalized spacial score (nSPS) is 15.0. The molecule has 0 saturated heterocycles. The van der Waals surface area contributed by atoms with Gasteiger partial charge in [0.25, 0.3) is 0 Å². The Morgan fingerprint density at radius 3 is 2.39 bits per heavy atom. The molecule has 0 amide bonds. The number of benzene rings is 2. The number of hydrogen-bond acceptors (Lipinski definition) is 4. The monoisotopic (exact) mass is 400 g/mol. The molecule has 2 aromatic carbocycles. The van der Waals surface area contributed by atoms with E-state index in [1.807, 2.05) is 13.8 Å². The van der Waals surface area contributed by atoms with Gasteiger partial charge in [-0.3, -0.25) is 4.79 Å². The largest absolute Gasteiger partial charge is 0.481 e. The number of unbranched alkanes of at least 4 members (excludes halogenated alkanes) is 3. The first-order valence-electron chi connectivity index (χ1n) is 10.2. The predicted octanol–water partition coefficient (Wildman–Crippen LogP) is 5.88. The third-order valence-corrected chi connectivity index (χ3v) is 5.76. The van der Waals surface area contributed by atoms with E-state index in [0.29, 0.717) is 0 Å². The molecule has 1 aliphatic rings. The molecule has 0 radical (unpaired) electrons. The van der Waals surface area contributed by atoms with Gasteiger partial charge in [0.2, 0.25) is 0 Å². The SMILES string of the molecule is CC.CN1Sc2ccccc2C(NCCCCCCC(=O)O)c2ccccc21. The van der Waals surface area contributed by atoms with Crippen LogP contribution in [0, 0.1) is 0 Å². The zero-order valence-corrected chi connectivity index (χ0v) is 18.0. The average Bonchev–Trinajstić information content (AvgIpc) is 2.83. The molecule has 4 nitrogen and oxygen atoms in total. The average molecular weight is 401 g/mol. The molecule has 1 aliphatic heterocycles. The molecule has 2 N–H and O–H groups in total. The van der Waals surface area contributed by atoms with Crippen LogP contribution in [0.1, 0.15) is 63.1 Å². The predicted molar refractivity (Wildman–Crippen MR) is 119 cm³/mol. The molecule has 28 heavy (non-hydrogen) atoms. The number of carbonyl (C=O) groups is 1. The number of aliphatic carboxylic acids is 1. The van der Waals surface area contributed by atoms with Gasteiger partial charge in [0.05, 0.1) is 11.7 Å². The van der Waals surface area contributed by atoms with E-state index < -0.39 is 5.97 Å². The minimum atomic E-state index is -0.698. The Bertz CT molecular complexity index is 751. The summed E-state index contributed by atoms with van der Waals surface area (Å²) in [4.78, 5) is 11.9. The van der Waals surface area contributed by atoms with Crippen LogP contribution in [0.3, 0.4) is 0 Å². The molecular weight excluding hydrogens is 368 g/mol. The molecule has 0 saturated carbocycles. The molecule has 5 heteroatoms. The lowest BCUT2D eigenvalue weighted by molar-refractivity contribution is -0.137. The first kappa shape index (κ1) is 22.3. The second kappa shape index (κ2) is 11.8. The fraction of sp³-hybridized carbons (Fsp3) is 0.435. The third kappa shape index (κ3) is 6.01. The summed E-state index contributed by atoms with van der Waals surface area (Å²) in [5, 5.41) is 12.4. The highest BCUT2D eigenvalue weighted by Gasteiger charge is 2.25. The van der Waals surface area contributed by atoms with Gasteiger partial charge in [-0.05, 0) is 54.6 Å². The first-order chi connectivity index (χ1) is 13.7. The smallest absolute Gasteiger partial charge is 0.303 e. The molecule has 2 aromatic rings. The second-order valence-electron chi connectivity index (χ2n) is 6.63. The maximum Gasteiger partial charge on any atom is 0.303 e. The highest BCUT2D eigenvalue weighted by atomic mass is 32.2. The summed E-state index contributed by atoms with van der Waals surface area (Å²) >= 11 is 1.77. The lowest BCUT2D eigenvalue weighted by Crippen LogP contribution is -2.24. The van der Waals surface area contributed by atoms with Crippen molar-refractivity contribution < 1.29 is 9.90 Å². The Morgan fingerprint density at radius 2 is 1.64 bits per heavy atom. The Kier molecular flexibility index (Phi) is 9.38. The number of carboxylic acid groups (broad SMARTS) is 1. The summed E-state index contributed by atoms with van der Waals surface area (Å²) < 4.78 is 2.24. The lowest BCUT2D eigenvalue weighted by Gasteiger charge is -2.22. The van der Waals surface area contributed by atoms with Crippen LogP contribution in [0.5, 0.6) is 0 Å². The topological polar surface area (TPSA) is 52.6 Å². The number of rotatable bonds is 8. The van der Waals surface area contributed by atoms with Gasteiger partial charge in [0.15, 0.2) is 0 Å². The molecule has 0 spiro atoms. The van der Waals surface area contributed by atoms with Crippen LogP contribution < -0.4 is 9.62 Å². The van der Waals surface area contributed by atoms with E-state index in [2.05, 4.69) is 65.2 Å². The Hall–Kier alpha value is -1.98. The maximum atomic E-state index is 10.6. The molecule has 1 atom stereocenters. The number of nitrogens with zero attached hydrogens (tertiary/aromatic N) is 1. The maximum absolute atomic E-state index is 10.6. The zero-order valence-electron chi connectivity index (χ0n) is 17.1. The Labute approximate surface area is 173 Å². The highest BCUT2D eigenvalue weighted by molar-refractivity contribution is 8.00. The first-order valence-corrected chi connectivity index (χ1v) is 11.0. The summed E-state index contributed by atoms with van der Waals surface area (Å²) in [6.07, 6.45) is 4.14. The third-order valence-electron chi connectivity index (χ3n) is 4.72. The van der Waals surface area contributed by atoms with Crippen LogP contribution in [0.4, 0.5) is 5.69 Å². The van der Waals surface area contributed by atoms with E-state index in [9.17, 15) is 4.79 Å². The van der Waals surface area contributed by atoms with Gasteiger partial charge in [0, 0.05) is 18.4 Å². The lowest BCUT2D eigenvalue weighted by atomic mass is 9.96. The van der Waals surface area contributed by atoms with Crippen molar-refractivity contribution in [1.29, 1.82) is 0 Å². The quantitative estimate of drug-likeness (QED) is 0.428. The molecule has 1 unspecified atom stereocenters. The molecule has 0 aromatic heterocycles. The molecule has 152 valence electrons. The summed E-state index contributed by atoms with van der Waals surface area (Å²) in [7, 11) is 2.12. The van der Waals surface area contributed by atoms with Crippen molar-refractivity contribution in [2.45, 2.75) is 56.9 Å². The van der Waals surface area contributed by atoms with Gasteiger partial charge in [-0.2, -0.15) is 0 Å². The molecule has 0 bridgehead atoms. The molecule has 1 heterocycles. The van der Waals surface area contributed by atoms with Crippen molar-refractivity contribution >= 4 is 23.6 Å².